The first-order valence-corrected chi connectivity index (χ1v) is 10.4. The van der Waals surface area contributed by atoms with Crippen molar-refractivity contribution in [2.75, 3.05) is 32.1 Å². The van der Waals surface area contributed by atoms with Crippen LogP contribution in [-0.2, 0) is 4.74 Å². The number of para-hydroxylation sites is 2. The molecule has 1 amide bonds. The molecule has 1 aromatic heterocycles. The van der Waals surface area contributed by atoms with Crippen LogP contribution in [0.2, 0.25) is 0 Å². The number of carbonyl (C=O) groups excluding carboxylic acids is 1. The van der Waals surface area contributed by atoms with Gasteiger partial charge in [-0.15, -0.1) is 0 Å². The Labute approximate surface area is 172 Å². The molecule has 1 saturated heterocycles. The summed E-state index contributed by atoms with van der Waals surface area (Å²) in [6.45, 7) is 7.81. The van der Waals surface area contributed by atoms with E-state index in [0.717, 1.165) is 49.8 Å². The van der Waals surface area contributed by atoms with Crippen molar-refractivity contribution in [2.45, 2.75) is 52.1 Å². The number of carbonyl (C=O) groups is 1. The van der Waals surface area contributed by atoms with E-state index in [4.69, 9.17) is 9.47 Å². The number of likely N-dealkylation sites (tertiary alicyclic amines) is 1. The normalized spacial score (nSPS) is 17.2. The lowest BCUT2D eigenvalue weighted by Gasteiger charge is -2.34. The Kier molecular flexibility index (Phi) is 6.77. The van der Waals surface area contributed by atoms with E-state index < -0.39 is 5.60 Å². The number of hydrogen-bond acceptors (Lipinski definition) is 6. The van der Waals surface area contributed by atoms with Gasteiger partial charge in [0.1, 0.15) is 5.60 Å². The van der Waals surface area contributed by atoms with Gasteiger partial charge in [-0.05, 0) is 64.5 Å². The zero-order valence-electron chi connectivity index (χ0n) is 17.9. The first-order chi connectivity index (χ1) is 13.9. The lowest BCUT2D eigenvalue weighted by Crippen LogP contribution is -2.42. The van der Waals surface area contributed by atoms with Gasteiger partial charge in [0.15, 0.2) is 5.82 Å². The topological polar surface area (TPSA) is 76.6 Å². The number of anilines is 1. The molecule has 7 nitrogen and oxygen atoms in total. The molecule has 0 radical (unpaired) electrons. The smallest absolute Gasteiger partial charge is 0.410 e. The summed E-state index contributed by atoms with van der Waals surface area (Å²) in [5.74, 6) is 1.66. The highest BCUT2D eigenvalue weighted by atomic mass is 16.6. The first-order valence-electron chi connectivity index (χ1n) is 10.4. The maximum absolute atomic E-state index is 12.3. The number of hydrogen-bond donors (Lipinski definition) is 1. The summed E-state index contributed by atoms with van der Waals surface area (Å²) in [5, 5.41) is 3.06. The molecular weight excluding hydrogens is 368 g/mol. The van der Waals surface area contributed by atoms with Crippen LogP contribution in [0, 0.1) is 5.92 Å². The Morgan fingerprint density at radius 2 is 1.97 bits per heavy atom. The molecule has 29 heavy (non-hydrogen) atoms. The van der Waals surface area contributed by atoms with Crippen molar-refractivity contribution < 1.29 is 14.3 Å². The highest BCUT2D eigenvalue weighted by molar-refractivity contribution is 5.77. The van der Waals surface area contributed by atoms with Crippen LogP contribution in [0.1, 0.15) is 46.5 Å². The van der Waals surface area contributed by atoms with Crippen molar-refractivity contribution in [1.82, 2.24) is 14.9 Å². The third kappa shape index (κ3) is 5.95. The predicted octanol–water partition coefficient (Wildman–Crippen LogP) is 4.48. The standard InChI is InChI=1S/C22H32N4O3/c1-22(2,3)29-21(27)26-13-7-9-16(15-26)10-8-14-28-20-19(23-4)24-17-11-5-6-12-18(17)25-20/h5-6,11-12,16H,7-10,13-15H2,1-4H3,(H,23,24)/t16-/m1/s1. The number of nitrogens with zero attached hydrogens (tertiary/aromatic N) is 3. The number of amides is 1. The minimum Gasteiger partial charge on any atom is -0.475 e. The Bertz CT molecular complexity index is 834. The van der Waals surface area contributed by atoms with Crippen molar-refractivity contribution in [1.29, 1.82) is 0 Å². The average molecular weight is 401 g/mol. The number of ether oxygens (including phenoxy) is 2. The minimum absolute atomic E-state index is 0.205. The second kappa shape index (κ2) is 9.29. The quantitative estimate of drug-likeness (QED) is 0.721. The molecule has 1 aliphatic heterocycles. The van der Waals surface area contributed by atoms with Gasteiger partial charge in [0.2, 0.25) is 0 Å². The summed E-state index contributed by atoms with van der Waals surface area (Å²) < 4.78 is 11.4. The Morgan fingerprint density at radius 1 is 1.24 bits per heavy atom. The van der Waals surface area contributed by atoms with Crippen molar-refractivity contribution in [3.05, 3.63) is 24.3 Å². The molecule has 1 aliphatic rings. The van der Waals surface area contributed by atoms with Crippen LogP contribution in [-0.4, -0.2) is 53.3 Å². The summed E-state index contributed by atoms with van der Waals surface area (Å²) in [7, 11) is 1.82. The van der Waals surface area contributed by atoms with Gasteiger partial charge >= 0.3 is 6.09 Å². The van der Waals surface area contributed by atoms with Gasteiger partial charge in [-0.1, -0.05) is 12.1 Å². The lowest BCUT2D eigenvalue weighted by molar-refractivity contribution is 0.0159. The zero-order chi connectivity index (χ0) is 20.9. The van der Waals surface area contributed by atoms with Gasteiger partial charge in [0, 0.05) is 20.1 Å². The fraction of sp³-hybridized carbons (Fsp3) is 0.591. The van der Waals surface area contributed by atoms with Crippen LogP contribution in [0.5, 0.6) is 5.88 Å². The largest absolute Gasteiger partial charge is 0.475 e. The summed E-state index contributed by atoms with van der Waals surface area (Å²) in [6, 6.07) is 7.76. The number of piperidine rings is 1. The van der Waals surface area contributed by atoms with Gasteiger partial charge in [0.25, 0.3) is 5.88 Å². The molecular formula is C22H32N4O3. The molecule has 2 aromatic rings. The van der Waals surface area contributed by atoms with E-state index in [1.807, 2.05) is 57.0 Å². The van der Waals surface area contributed by atoms with Crippen LogP contribution in [0.15, 0.2) is 24.3 Å². The zero-order valence-corrected chi connectivity index (χ0v) is 17.9. The number of fused-ring (bicyclic) bond motifs is 1. The highest BCUT2D eigenvalue weighted by Gasteiger charge is 2.27. The van der Waals surface area contributed by atoms with Crippen molar-refractivity contribution >= 4 is 22.9 Å². The van der Waals surface area contributed by atoms with Gasteiger partial charge in [-0.3, -0.25) is 0 Å². The van der Waals surface area contributed by atoms with Crippen LogP contribution < -0.4 is 10.1 Å². The van der Waals surface area contributed by atoms with Crippen molar-refractivity contribution in [3.63, 3.8) is 0 Å². The molecule has 1 atom stereocenters. The average Bonchev–Trinajstić information content (AvgIpc) is 2.69. The van der Waals surface area contributed by atoms with Crippen LogP contribution in [0.25, 0.3) is 11.0 Å². The molecule has 0 bridgehead atoms. The van der Waals surface area contributed by atoms with E-state index >= 15 is 0 Å². The fourth-order valence-electron chi connectivity index (χ4n) is 3.58. The highest BCUT2D eigenvalue weighted by Crippen LogP contribution is 2.25. The SMILES string of the molecule is CNc1nc2ccccc2nc1OCCC[C@H]1CCCN(C(=O)OC(C)(C)C)C1. The van der Waals surface area contributed by atoms with Crippen molar-refractivity contribution in [2.24, 2.45) is 5.92 Å². The Morgan fingerprint density at radius 3 is 2.66 bits per heavy atom. The second-order valence-electron chi connectivity index (χ2n) is 8.54. The van der Waals surface area contributed by atoms with Crippen LogP contribution in [0.3, 0.4) is 0 Å². The third-order valence-corrected chi connectivity index (χ3v) is 4.94. The maximum atomic E-state index is 12.3. The first kappa shape index (κ1) is 21.1. The van der Waals surface area contributed by atoms with E-state index in [0.29, 0.717) is 24.2 Å². The van der Waals surface area contributed by atoms with Gasteiger partial charge in [-0.2, -0.15) is 0 Å². The molecule has 0 saturated carbocycles. The Balaban J connectivity index is 1.49. The van der Waals surface area contributed by atoms with Crippen LogP contribution in [0.4, 0.5) is 10.6 Å². The summed E-state index contributed by atoms with van der Waals surface area (Å²) in [6.07, 6.45) is 3.87. The molecule has 0 spiro atoms. The van der Waals surface area contributed by atoms with E-state index in [1.165, 1.54) is 0 Å². The van der Waals surface area contributed by atoms with E-state index in [9.17, 15) is 4.79 Å². The molecule has 2 heterocycles. The van der Waals surface area contributed by atoms with Gasteiger partial charge in [-0.25, -0.2) is 14.8 Å². The summed E-state index contributed by atoms with van der Waals surface area (Å²) in [5.41, 5.74) is 1.21. The number of benzene rings is 1. The second-order valence-corrected chi connectivity index (χ2v) is 8.54. The lowest BCUT2D eigenvalue weighted by atomic mass is 9.94. The molecule has 1 N–H and O–H groups in total. The number of rotatable bonds is 6. The van der Waals surface area contributed by atoms with E-state index in [2.05, 4.69) is 15.3 Å². The molecule has 1 aromatic carbocycles. The van der Waals surface area contributed by atoms with E-state index in [1.54, 1.807) is 0 Å². The molecule has 1 fully saturated rings. The van der Waals surface area contributed by atoms with Gasteiger partial charge in [0.05, 0.1) is 17.6 Å². The number of aromatic nitrogens is 2. The molecule has 0 unspecified atom stereocenters. The van der Waals surface area contributed by atoms with E-state index in [-0.39, 0.29) is 6.09 Å². The maximum Gasteiger partial charge on any atom is 0.410 e. The minimum atomic E-state index is -0.455. The summed E-state index contributed by atoms with van der Waals surface area (Å²) >= 11 is 0. The Hall–Kier alpha value is -2.57. The molecule has 7 heteroatoms. The predicted molar refractivity (Wildman–Crippen MR) is 114 cm³/mol. The molecule has 0 aliphatic carbocycles. The van der Waals surface area contributed by atoms with Crippen LogP contribution >= 0.6 is 0 Å². The van der Waals surface area contributed by atoms with Crippen molar-refractivity contribution in [3.8, 4) is 5.88 Å². The molecule has 158 valence electrons. The monoisotopic (exact) mass is 400 g/mol. The summed E-state index contributed by atoms with van der Waals surface area (Å²) in [4.78, 5) is 23.3. The number of nitrogens with one attached hydrogen (secondary N) is 1. The molecule has 3 rings (SSSR count). The fourth-order valence-corrected chi connectivity index (χ4v) is 3.58. The van der Waals surface area contributed by atoms with Gasteiger partial charge < -0.3 is 19.7 Å². The third-order valence-electron chi connectivity index (χ3n) is 4.94.